The number of hydrogen-bond acceptors (Lipinski definition) is 0. The van der Waals surface area contributed by atoms with Crippen molar-refractivity contribution in [1.29, 1.82) is 0 Å². The fourth-order valence-corrected chi connectivity index (χ4v) is 7.33. The van der Waals surface area contributed by atoms with Crippen LogP contribution in [0.1, 0.15) is 125 Å². The summed E-state index contributed by atoms with van der Waals surface area (Å²) in [4.78, 5) is 0. The van der Waals surface area contributed by atoms with Gasteiger partial charge in [0.15, 0.2) is 0 Å². The zero-order valence-corrected chi connectivity index (χ0v) is 18.5. The van der Waals surface area contributed by atoms with Gasteiger partial charge in [-0.25, -0.2) is 0 Å². The smallest absolute Gasteiger partial charge is 0.0355 e. The number of rotatable bonds is 2. The standard InChI is InChI=1S/2C13H24.CH4/c1-10(2)12-9-5-7-11-6-3-4-8-13(11)12;1-10(2)12-8-7-11-5-3-4-6-13(11)9-12;/h2*10-13H,3-9H2,1-2H3;1H4. The Morgan fingerprint density at radius 3 is 1.78 bits per heavy atom. The average Bonchev–Trinajstić information content (AvgIpc) is 2.67. The first-order valence-corrected chi connectivity index (χ1v) is 12.6. The second kappa shape index (κ2) is 11.3. The summed E-state index contributed by atoms with van der Waals surface area (Å²) >= 11 is 0. The Bertz CT molecular complexity index is 391. The zero-order chi connectivity index (χ0) is 18.5. The highest BCUT2D eigenvalue weighted by Gasteiger charge is 2.36. The predicted molar refractivity (Wildman–Crippen MR) is 122 cm³/mol. The summed E-state index contributed by atoms with van der Waals surface area (Å²) in [5.41, 5.74) is 0. The Labute approximate surface area is 172 Å². The summed E-state index contributed by atoms with van der Waals surface area (Å²) in [5.74, 6) is 8.48. The maximum atomic E-state index is 2.43. The van der Waals surface area contributed by atoms with Crippen LogP contribution >= 0.6 is 0 Å². The minimum atomic E-state index is 0. The molecule has 0 heteroatoms. The third-order valence-electron chi connectivity index (χ3n) is 9.01. The number of hydrogen-bond donors (Lipinski definition) is 0. The molecule has 0 aliphatic heterocycles. The van der Waals surface area contributed by atoms with Crippen LogP contribution in [0.25, 0.3) is 0 Å². The summed E-state index contributed by atoms with van der Waals surface area (Å²) in [7, 11) is 0. The number of fused-ring (bicyclic) bond motifs is 2. The van der Waals surface area contributed by atoms with Crippen LogP contribution in [-0.2, 0) is 0 Å². The normalized spacial score (nSPS) is 38.9. The van der Waals surface area contributed by atoms with Crippen molar-refractivity contribution >= 4 is 0 Å². The zero-order valence-electron chi connectivity index (χ0n) is 18.5. The Kier molecular flexibility index (Phi) is 9.70. The third kappa shape index (κ3) is 6.24. The summed E-state index contributed by atoms with van der Waals surface area (Å²) in [6, 6.07) is 0. The highest BCUT2D eigenvalue weighted by atomic mass is 14.4. The van der Waals surface area contributed by atoms with E-state index >= 15 is 0 Å². The van der Waals surface area contributed by atoms with Crippen molar-refractivity contribution in [3.8, 4) is 0 Å². The minimum absolute atomic E-state index is 0. The first-order chi connectivity index (χ1) is 12.6. The van der Waals surface area contributed by atoms with Crippen molar-refractivity contribution in [3.63, 3.8) is 0 Å². The van der Waals surface area contributed by atoms with Crippen LogP contribution in [-0.4, -0.2) is 0 Å². The largest absolute Gasteiger partial charge is 0.0776 e. The molecule has 0 heterocycles. The molecule has 0 spiro atoms. The van der Waals surface area contributed by atoms with Crippen LogP contribution in [0.4, 0.5) is 0 Å². The van der Waals surface area contributed by atoms with Crippen LogP contribution in [0, 0.1) is 47.3 Å². The van der Waals surface area contributed by atoms with Gasteiger partial charge < -0.3 is 0 Å². The van der Waals surface area contributed by atoms with Gasteiger partial charge in [0.1, 0.15) is 0 Å². The molecule has 4 aliphatic rings. The fourth-order valence-electron chi connectivity index (χ4n) is 7.33. The van der Waals surface area contributed by atoms with Gasteiger partial charge in [-0.05, 0) is 79.4 Å². The van der Waals surface area contributed by atoms with Crippen molar-refractivity contribution in [2.24, 2.45) is 47.3 Å². The minimum Gasteiger partial charge on any atom is -0.0776 e. The molecule has 0 bridgehead atoms. The summed E-state index contributed by atoms with van der Waals surface area (Å²) in [5, 5.41) is 0. The molecule has 27 heavy (non-hydrogen) atoms. The molecular weight excluding hydrogens is 324 g/mol. The second-order valence-electron chi connectivity index (χ2n) is 11.2. The Morgan fingerprint density at radius 1 is 0.519 bits per heavy atom. The van der Waals surface area contributed by atoms with Gasteiger partial charge in [0.05, 0.1) is 0 Å². The van der Waals surface area contributed by atoms with Gasteiger partial charge in [-0.2, -0.15) is 0 Å². The molecule has 6 unspecified atom stereocenters. The maximum Gasteiger partial charge on any atom is -0.0355 e. The molecule has 0 saturated heterocycles. The molecule has 4 aliphatic carbocycles. The van der Waals surface area contributed by atoms with Crippen LogP contribution in [0.2, 0.25) is 0 Å². The van der Waals surface area contributed by atoms with Crippen molar-refractivity contribution < 1.29 is 0 Å². The topological polar surface area (TPSA) is 0 Å². The molecular formula is C27H52. The lowest BCUT2D eigenvalue weighted by atomic mass is 9.63. The Balaban J connectivity index is 0.000000187. The van der Waals surface area contributed by atoms with Gasteiger partial charge >= 0.3 is 0 Å². The van der Waals surface area contributed by atoms with Gasteiger partial charge in [0.2, 0.25) is 0 Å². The molecule has 4 fully saturated rings. The molecule has 0 radical (unpaired) electrons. The van der Waals surface area contributed by atoms with Crippen molar-refractivity contribution in [3.05, 3.63) is 0 Å². The fraction of sp³-hybridized carbons (Fsp3) is 1.00. The summed E-state index contributed by atoms with van der Waals surface area (Å²) in [6.45, 7) is 9.69. The summed E-state index contributed by atoms with van der Waals surface area (Å²) in [6.07, 6.45) is 21.5. The van der Waals surface area contributed by atoms with Gasteiger partial charge in [-0.3, -0.25) is 0 Å². The van der Waals surface area contributed by atoms with Crippen molar-refractivity contribution in [1.82, 2.24) is 0 Å². The molecule has 4 rings (SSSR count). The van der Waals surface area contributed by atoms with Crippen molar-refractivity contribution in [2.75, 3.05) is 0 Å². The molecule has 0 N–H and O–H groups in total. The highest BCUT2D eigenvalue weighted by Crippen LogP contribution is 2.46. The van der Waals surface area contributed by atoms with Crippen LogP contribution in [0.5, 0.6) is 0 Å². The Hall–Kier alpha value is 0. The van der Waals surface area contributed by atoms with Crippen LogP contribution in [0.3, 0.4) is 0 Å². The SMILES string of the molecule is C.CC(C)C1CCC2CCCCC2C1.CC(C)C1CCCC2CCCCC21. The van der Waals surface area contributed by atoms with E-state index in [2.05, 4.69) is 27.7 Å². The van der Waals surface area contributed by atoms with E-state index in [1.165, 1.54) is 44.9 Å². The van der Waals surface area contributed by atoms with Crippen LogP contribution in [0.15, 0.2) is 0 Å². The van der Waals surface area contributed by atoms with Crippen molar-refractivity contribution in [2.45, 2.75) is 125 Å². The van der Waals surface area contributed by atoms with E-state index in [1.54, 1.807) is 44.9 Å². The van der Waals surface area contributed by atoms with Gasteiger partial charge in [-0.1, -0.05) is 92.9 Å². The highest BCUT2D eigenvalue weighted by molar-refractivity contribution is 4.86. The molecule has 0 aromatic carbocycles. The monoisotopic (exact) mass is 376 g/mol. The molecule has 160 valence electrons. The quantitative estimate of drug-likeness (QED) is 0.450. The lowest BCUT2D eigenvalue weighted by molar-refractivity contribution is 0.0747. The molecule has 0 aromatic heterocycles. The first-order valence-electron chi connectivity index (χ1n) is 12.6. The first kappa shape index (κ1) is 23.3. The van der Waals surface area contributed by atoms with Gasteiger partial charge in [0.25, 0.3) is 0 Å². The van der Waals surface area contributed by atoms with E-state index in [0.29, 0.717) is 0 Å². The Morgan fingerprint density at radius 2 is 1.11 bits per heavy atom. The van der Waals surface area contributed by atoms with Crippen LogP contribution < -0.4 is 0 Å². The lowest BCUT2D eigenvalue weighted by Gasteiger charge is -2.43. The summed E-state index contributed by atoms with van der Waals surface area (Å²) < 4.78 is 0. The predicted octanol–water partition coefficient (Wildman–Crippen LogP) is 9.13. The van der Waals surface area contributed by atoms with E-state index in [1.807, 2.05) is 0 Å². The maximum absolute atomic E-state index is 2.43. The second-order valence-corrected chi connectivity index (χ2v) is 11.2. The molecule has 4 saturated carbocycles. The lowest BCUT2D eigenvalue weighted by Crippen LogP contribution is -2.33. The van der Waals surface area contributed by atoms with Gasteiger partial charge in [-0.15, -0.1) is 0 Å². The van der Waals surface area contributed by atoms with E-state index in [-0.39, 0.29) is 7.43 Å². The molecule has 0 nitrogen and oxygen atoms in total. The molecule has 0 amide bonds. The molecule has 0 aromatic rings. The van der Waals surface area contributed by atoms with Gasteiger partial charge in [0, 0.05) is 0 Å². The molecule has 6 atom stereocenters. The van der Waals surface area contributed by atoms with E-state index in [4.69, 9.17) is 0 Å². The average molecular weight is 377 g/mol. The third-order valence-corrected chi connectivity index (χ3v) is 9.01. The van der Waals surface area contributed by atoms with E-state index < -0.39 is 0 Å². The van der Waals surface area contributed by atoms with E-state index in [9.17, 15) is 0 Å². The van der Waals surface area contributed by atoms with E-state index in [0.717, 1.165) is 47.3 Å².